The maximum Gasteiger partial charge on any atom is 0.222 e. The molecule has 31 heavy (non-hydrogen) atoms. The molecule has 0 spiro atoms. The van der Waals surface area contributed by atoms with Gasteiger partial charge in [-0.3, -0.25) is 14.8 Å². The molecule has 1 aliphatic heterocycles. The number of ether oxygens (including phenoxy) is 1. The number of hydrogen-bond donors (Lipinski definition) is 0. The summed E-state index contributed by atoms with van der Waals surface area (Å²) in [5.41, 5.74) is 3.36. The predicted molar refractivity (Wildman–Crippen MR) is 117 cm³/mol. The molecule has 6 heteroatoms. The van der Waals surface area contributed by atoms with Crippen LogP contribution in [-0.2, 0) is 11.2 Å². The van der Waals surface area contributed by atoms with E-state index in [9.17, 15) is 9.18 Å². The number of piperidine rings is 1. The molecular formula is C25H26FN3O2. The van der Waals surface area contributed by atoms with Gasteiger partial charge in [-0.1, -0.05) is 24.3 Å². The SMILES string of the molecule is COc1ccc(CCC(=O)N2CCC[C@H](c3nccnc3-c3cccc(F)c3)C2)cc1. The molecule has 160 valence electrons. The van der Waals surface area contributed by atoms with Crippen molar-refractivity contribution in [2.24, 2.45) is 0 Å². The van der Waals surface area contributed by atoms with E-state index in [4.69, 9.17) is 4.74 Å². The number of carbonyl (C=O) groups is 1. The number of aryl methyl sites for hydroxylation is 1. The fourth-order valence-corrected chi connectivity index (χ4v) is 4.13. The summed E-state index contributed by atoms with van der Waals surface area (Å²) in [6.07, 6.45) is 6.31. The molecule has 0 bridgehead atoms. The average Bonchev–Trinajstić information content (AvgIpc) is 2.83. The first kappa shape index (κ1) is 21.0. The van der Waals surface area contributed by atoms with Gasteiger partial charge in [-0.2, -0.15) is 0 Å². The van der Waals surface area contributed by atoms with Crippen molar-refractivity contribution in [1.82, 2.24) is 14.9 Å². The first-order valence-electron chi connectivity index (χ1n) is 10.6. The van der Waals surface area contributed by atoms with E-state index < -0.39 is 0 Å². The second-order valence-corrected chi connectivity index (χ2v) is 7.83. The van der Waals surface area contributed by atoms with E-state index in [1.165, 1.54) is 12.1 Å². The van der Waals surface area contributed by atoms with Gasteiger partial charge in [0.05, 0.1) is 18.5 Å². The van der Waals surface area contributed by atoms with Gasteiger partial charge in [-0.15, -0.1) is 0 Å². The van der Waals surface area contributed by atoms with Crippen LogP contribution in [-0.4, -0.2) is 41.0 Å². The Morgan fingerprint density at radius 2 is 1.97 bits per heavy atom. The molecule has 4 rings (SSSR count). The monoisotopic (exact) mass is 419 g/mol. The highest BCUT2D eigenvalue weighted by Crippen LogP contribution is 2.32. The number of hydrogen-bond acceptors (Lipinski definition) is 4. The zero-order valence-electron chi connectivity index (χ0n) is 17.6. The summed E-state index contributed by atoms with van der Waals surface area (Å²) in [6, 6.07) is 14.2. The van der Waals surface area contributed by atoms with E-state index in [1.54, 1.807) is 25.6 Å². The summed E-state index contributed by atoms with van der Waals surface area (Å²) >= 11 is 0. The lowest BCUT2D eigenvalue weighted by molar-refractivity contribution is -0.132. The minimum absolute atomic E-state index is 0.0886. The summed E-state index contributed by atoms with van der Waals surface area (Å²) in [7, 11) is 1.64. The van der Waals surface area contributed by atoms with Crippen molar-refractivity contribution in [1.29, 1.82) is 0 Å². The van der Waals surface area contributed by atoms with Crippen molar-refractivity contribution < 1.29 is 13.9 Å². The van der Waals surface area contributed by atoms with E-state index >= 15 is 0 Å². The Morgan fingerprint density at radius 1 is 1.16 bits per heavy atom. The van der Waals surface area contributed by atoms with Crippen LogP contribution in [0.3, 0.4) is 0 Å². The zero-order chi connectivity index (χ0) is 21.6. The van der Waals surface area contributed by atoms with Gasteiger partial charge in [0.15, 0.2) is 0 Å². The highest BCUT2D eigenvalue weighted by molar-refractivity contribution is 5.76. The summed E-state index contributed by atoms with van der Waals surface area (Å²) in [5, 5.41) is 0. The van der Waals surface area contributed by atoms with E-state index in [0.29, 0.717) is 30.6 Å². The second-order valence-electron chi connectivity index (χ2n) is 7.83. The number of amides is 1. The van der Waals surface area contributed by atoms with Crippen LogP contribution in [0.5, 0.6) is 5.75 Å². The number of methoxy groups -OCH3 is 1. The molecule has 2 heterocycles. The van der Waals surface area contributed by atoms with Gasteiger partial charge in [-0.05, 0) is 49.1 Å². The lowest BCUT2D eigenvalue weighted by Crippen LogP contribution is -2.39. The van der Waals surface area contributed by atoms with Crippen molar-refractivity contribution in [2.75, 3.05) is 20.2 Å². The molecule has 0 radical (unpaired) electrons. The molecule has 1 amide bonds. The molecule has 1 aromatic heterocycles. The summed E-state index contributed by atoms with van der Waals surface area (Å²) in [4.78, 5) is 23.9. The van der Waals surface area contributed by atoms with Crippen molar-refractivity contribution in [3.63, 3.8) is 0 Å². The van der Waals surface area contributed by atoms with Crippen molar-refractivity contribution in [2.45, 2.75) is 31.6 Å². The van der Waals surface area contributed by atoms with E-state index in [2.05, 4.69) is 9.97 Å². The Hall–Kier alpha value is -3.28. The van der Waals surface area contributed by atoms with Gasteiger partial charge >= 0.3 is 0 Å². The van der Waals surface area contributed by atoms with Crippen LogP contribution in [0.25, 0.3) is 11.3 Å². The van der Waals surface area contributed by atoms with Gasteiger partial charge in [0.2, 0.25) is 5.91 Å². The molecule has 1 fully saturated rings. The maximum absolute atomic E-state index is 13.8. The number of halogens is 1. The van der Waals surface area contributed by atoms with Crippen molar-refractivity contribution in [3.05, 3.63) is 78.0 Å². The topological polar surface area (TPSA) is 55.3 Å². The third kappa shape index (κ3) is 5.08. The van der Waals surface area contributed by atoms with Gasteiger partial charge in [0, 0.05) is 43.4 Å². The molecule has 0 unspecified atom stereocenters. The van der Waals surface area contributed by atoms with Crippen LogP contribution in [0.4, 0.5) is 4.39 Å². The number of aromatic nitrogens is 2. The van der Waals surface area contributed by atoms with E-state index in [-0.39, 0.29) is 17.6 Å². The lowest BCUT2D eigenvalue weighted by Gasteiger charge is -2.33. The van der Waals surface area contributed by atoms with Crippen LogP contribution in [0.15, 0.2) is 60.9 Å². The van der Waals surface area contributed by atoms with Crippen molar-refractivity contribution >= 4 is 5.91 Å². The number of nitrogens with zero attached hydrogens (tertiary/aromatic N) is 3. The standard InChI is InChI=1S/C25H26FN3O2/c1-31-22-10-7-18(8-11-22)9-12-23(30)29-15-3-5-20(17-29)25-24(27-13-14-28-25)19-4-2-6-21(26)16-19/h2,4,6-8,10-11,13-14,16,20H,3,5,9,12,15,17H2,1H3/t20-/m0/s1. The van der Waals surface area contributed by atoms with Gasteiger partial charge < -0.3 is 9.64 Å². The maximum atomic E-state index is 13.8. The third-order valence-electron chi connectivity index (χ3n) is 5.77. The highest BCUT2D eigenvalue weighted by Gasteiger charge is 2.27. The summed E-state index contributed by atoms with van der Waals surface area (Å²) in [6.45, 7) is 1.37. The number of carbonyl (C=O) groups excluding carboxylic acids is 1. The lowest BCUT2D eigenvalue weighted by atomic mass is 9.91. The Labute approximate surface area is 181 Å². The quantitative estimate of drug-likeness (QED) is 0.585. The van der Waals surface area contributed by atoms with Crippen LogP contribution in [0.1, 0.15) is 36.4 Å². The number of benzene rings is 2. The minimum atomic E-state index is -0.298. The molecule has 0 saturated carbocycles. The van der Waals surface area contributed by atoms with E-state index in [1.807, 2.05) is 35.2 Å². The van der Waals surface area contributed by atoms with Gasteiger partial charge in [-0.25, -0.2) is 4.39 Å². The largest absolute Gasteiger partial charge is 0.497 e. The van der Waals surface area contributed by atoms with Crippen LogP contribution in [0.2, 0.25) is 0 Å². The predicted octanol–water partition coefficient (Wildman–Crippen LogP) is 4.63. The molecule has 0 N–H and O–H groups in total. The molecule has 1 atom stereocenters. The van der Waals surface area contributed by atoms with Gasteiger partial charge in [0.25, 0.3) is 0 Å². The first-order chi connectivity index (χ1) is 15.1. The van der Waals surface area contributed by atoms with E-state index in [0.717, 1.165) is 36.4 Å². The molecule has 3 aromatic rings. The Balaban J connectivity index is 1.44. The molecule has 1 aliphatic rings. The molecule has 2 aromatic carbocycles. The van der Waals surface area contributed by atoms with Crippen LogP contribution >= 0.6 is 0 Å². The smallest absolute Gasteiger partial charge is 0.222 e. The Bertz CT molecular complexity index is 1040. The summed E-state index contributed by atoms with van der Waals surface area (Å²) < 4.78 is 18.9. The first-order valence-corrected chi connectivity index (χ1v) is 10.6. The number of likely N-dealkylation sites (tertiary alicyclic amines) is 1. The zero-order valence-corrected chi connectivity index (χ0v) is 17.6. The average molecular weight is 420 g/mol. The fourth-order valence-electron chi connectivity index (χ4n) is 4.13. The summed E-state index contributed by atoms with van der Waals surface area (Å²) in [5.74, 6) is 0.752. The number of rotatable bonds is 6. The van der Waals surface area contributed by atoms with Gasteiger partial charge in [0.1, 0.15) is 11.6 Å². The molecule has 1 saturated heterocycles. The van der Waals surface area contributed by atoms with Crippen LogP contribution in [0, 0.1) is 5.82 Å². The second kappa shape index (κ2) is 9.69. The normalized spacial score (nSPS) is 16.2. The Kier molecular flexibility index (Phi) is 6.55. The van der Waals surface area contributed by atoms with Crippen LogP contribution < -0.4 is 4.74 Å². The molecule has 0 aliphatic carbocycles. The third-order valence-corrected chi connectivity index (χ3v) is 5.77. The van der Waals surface area contributed by atoms with Crippen molar-refractivity contribution in [3.8, 4) is 17.0 Å². The minimum Gasteiger partial charge on any atom is -0.497 e. The molecule has 5 nitrogen and oxygen atoms in total. The highest BCUT2D eigenvalue weighted by atomic mass is 19.1. The Morgan fingerprint density at radius 3 is 2.74 bits per heavy atom. The molecular weight excluding hydrogens is 393 g/mol. The fraction of sp³-hybridized carbons (Fsp3) is 0.320.